The number of rotatable bonds is 5. The predicted molar refractivity (Wildman–Crippen MR) is 86.8 cm³/mol. The van der Waals surface area contributed by atoms with Gasteiger partial charge in [-0.05, 0) is 36.1 Å². The van der Waals surface area contributed by atoms with Crippen molar-refractivity contribution in [2.45, 2.75) is 11.3 Å². The number of H-pyrrole nitrogens is 2. The van der Waals surface area contributed by atoms with Gasteiger partial charge in [0.2, 0.25) is 10.0 Å². The zero-order valence-corrected chi connectivity index (χ0v) is 13.5. The number of benzene rings is 1. The summed E-state index contributed by atoms with van der Waals surface area (Å²) < 4.78 is 26.5. The average Bonchev–Trinajstić information content (AvgIpc) is 3.11. The van der Waals surface area contributed by atoms with Crippen LogP contribution in [-0.4, -0.2) is 36.3 Å². The smallest absolute Gasteiger partial charge is 0.306 e. The molecular weight excluding hydrogens is 322 g/mol. The summed E-state index contributed by atoms with van der Waals surface area (Å²) in [7, 11) is -2.01. The summed E-state index contributed by atoms with van der Waals surface area (Å²) in [5.41, 5.74) is 0.721. The molecule has 2 heterocycles. The Hall–Kier alpha value is -1.90. The number of hydrogen-bond acceptors (Lipinski definition) is 4. The number of fused-ring (bicyclic) bond motifs is 1. The van der Waals surface area contributed by atoms with Gasteiger partial charge in [0.15, 0.2) is 0 Å². The Morgan fingerprint density at radius 2 is 1.95 bits per heavy atom. The van der Waals surface area contributed by atoms with Crippen molar-refractivity contribution in [2.24, 2.45) is 0 Å². The van der Waals surface area contributed by atoms with Crippen LogP contribution >= 0.6 is 11.3 Å². The van der Waals surface area contributed by atoms with Crippen molar-refractivity contribution in [3.8, 4) is 0 Å². The van der Waals surface area contributed by atoms with E-state index in [9.17, 15) is 13.2 Å². The fraction of sp³-hybridized carbons (Fsp3) is 0.214. The largest absolute Gasteiger partial charge is 0.323 e. The van der Waals surface area contributed by atoms with Gasteiger partial charge in [0, 0.05) is 18.5 Å². The first kappa shape index (κ1) is 15.0. The highest BCUT2D eigenvalue weighted by Crippen LogP contribution is 2.19. The summed E-state index contributed by atoms with van der Waals surface area (Å²) in [5.74, 6) is 0. The highest BCUT2D eigenvalue weighted by atomic mass is 32.2. The van der Waals surface area contributed by atoms with Crippen LogP contribution in [0.1, 0.15) is 4.88 Å². The van der Waals surface area contributed by atoms with Crippen LogP contribution in [0.25, 0.3) is 11.0 Å². The average molecular weight is 337 g/mol. The number of aromatic nitrogens is 2. The van der Waals surface area contributed by atoms with E-state index in [2.05, 4.69) is 9.97 Å². The number of likely N-dealkylation sites (N-methyl/N-ethyl adjacent to an activating group) is 1. The molecule has 22 heavy (non-hydrogen) atoms. The number of thiophene rings is 1. The monoisotopic (exact) mass is 337 g/mol. The van der Waals surface area contributed by atoms with Crippen LogP contribution in [0.4, 0.5) is 0 Å². The van der Waals surface area contributed by atoms with Gasteiger partial charge in [0.05, 0.1) is 15.9 Å². The zero-order chi connectivity index (χ0) is 15.7. The second-order valence-electron chi connectivity index (χ2n) is 4.94. The molecule has 0 aliphatic heterocycles. The molecule has 0 unspecified atom stereocenters. The highest BCUT2D eigenvalue weighted by molar-refractivity contribution is 7.89. The van der Waals surface area contributed by atoms with E-state index in [0.717, 1.165) is 4.88 Å². The molecule has 0 amide bonds. The molecule has 0 spiro atoms. The Labute approximate surface area is 131 Å². The Bertz CT molecular complexity index is 939. The number of sulfonamides is 1. The van der Waals surface area contributed by atoms with Crippen molar-refractivity contribution in [3.63, 3.8) is 0 Å². The lowest BCUT2D eigenvalue weighted by Gasteiger charge is -2.16. The van der Waals surface area contributed by atoms with Gasteiger partial charge in [0.25, 0.3) is 0 Å². The minimum atomic E-state index is -3.57. The molecule has 8 heteroatoms. The lowest BCUT2D eigenvalue weighted by atomic mass is 10.3. The zero-order valence-electron chi connectivity index (χ0n) is 11.9. The molecule has 0 aliphatic rings. The van der Waals surface area contributed by atoms with Crippen molar-refractivity contribution in [3.05, 3.63) is 51.1 Å². The standard InChI is InChI=1S/C14H15N3O3S2/c1-17(7-6-10-3-2-8-21-10)22(19,20)11-4-5-12-13(9-11)16-14(18)15-12/h2-5,8-9H,6-7H2,1H3,(H2,15,16,18). The minimum absolute atomic E-state index is 0.170. The van der Waals surface area contributed by atoms with Gasteiger partial charge in [-0.2, -0.15) is 0 Å². The number of nitrogens with one attached hydrogen (secondary N) is 2. The topological polar surface area (TPSA) is 86.0 Å². The number of hydrogen-bond donors (Lipinski definition) is 2. The van der Waals surface area contributed by atoms with E-state index in [1.165, 1.54) is 16.4 Å². The lowest BCUT2D eigenvalue weighted by molar-refractivity contribution is 0.473. The quantitative estimate of drug-likeness (QED) is 0.744. The fourth-order valence-corrected chi connectivity index (χ4v) is 4.09. The van der Waals surface area contributed by atoms with Gasteiger partial charge in [-0.3, -0.25) is 0 Å². The van der Waals surface area contributed by atoms with E-state index in [1.807, 2.05) is 17.5 Å². The Balaban J connectivity index is 1.84. The molecule has 2 aromatic heterocycles. The van der Waals surface area contributed by atoms with Crippen LogP contribution in [0.2, 0.25) is 0 Å². The number of nitrogens with zero attached hydrogens (tertiary/aromatic N) is 1. The van der Waals surface area contributed by atoms with E-state index < -0.39 is 10.0 Å². The molecular formula is C14H15N3O3S2. The van der Waals surface area contributed by atoms with Gasteiger partial charge in [-0.1, -0.05) is 6.07 Å². The second-order valence-corrected chi connectivity index (χ2v) is 8.02. The fourth-order valence-electron chi connectivity index (χ4n) is 2.19. The predicted octanol–water partition coefficient (Wildman–Crippen LogP) is 1.78. The van der Waals surface area contributed by atoms with Crippen LogP contribution < -0.4 is 5.69 Å². The molecule has 2 N–H and O–H groups in total. The van der Waals surface area contributed by atoms with Gasteiger partial charge in [-0.15, -0.1) is 11.3 Å². The summed E-state index contributed by atoms with van der Waals surface area (Å²) in [6.45, 7) is 0.407. The van der Waals surface area contributed by atoms with Crippen LogP contribution in [0.15, 0.2) is 45.4 Å². The molecule has 0 bridgehead atoms. The van der Waals surface area contributed by atoms with Gasteiger partial charge < -0.3 is 9.97 Å². The van der Waals surface area contributed by atoms with Crippen LogP contribution in [0.3, 0.4) is 0 Å². The first-order valence-corrected chi connectivity index (χ1v) is 8.99. The molecule has 0 radical (unpaired) electrons. The van der Waals surface area contributed by atoms with E-state index in [1.54, 1.807) is 24.5 Å². The molecule has 0 saturated heterocycles. The van der Waals surface area contributed by atoms with Crippen LogP contribution in [0, 0.1) is 0 Å². The first-order valence-electron chi connectivity index (χ1n) is 6.67. The first-order chi connectivity index (χ1) is 10.5. The van der Waals surface area contributed by atoms with Gasteiger partial charge >= 0.3 is 5.69 Å². The summed E-state index contributed by atoms with van der Waals surface area (Å²) in [5, 5.41) is 1.97. The van der Waals surface area contributed by atoms with Crippen molar-refractivity contribution in [1.29, 1.82) is 0 Å². The maximum Gasteiger partial charge on any atom is 0.323 e. The Morgan fingerprint density at radius 1 is 1.18 bits per heavy atom. The molecule has 0 fully saturated rings. The molecule has 0 atom stereocenters. The van der Waals surface area contributed by atoms with Crippen molar-refractivity contribution >= 4 is 32.4 Å². The molecule has 6 nitrogen and oxygen atoms in total. The van der Waals surface area contributed by atoms with E-state index in [0.29, 0.717) is 24.0 Å². The van der Waals surface area contributed by atoms with Crippen molar-refractivity contribution in [2.75, 3.05) is 13.6 Å². The summed E-state index contributed by atoms with van der Waals surface area (Å²) in [6.07, 6.45) is 0.677. The third kappa shape index (κ3) is 2.85. The second kappa shape index (κ2) is 5.71. The normalized spacial score (nSPS) is 12.3. The Kier molecular flexibility index (Phi) is 3.90. The molecule has 1 aromatic carbocycles. The van der Waals surface area contributed by atoms with E-state index >= 15 is 0 Å². The van der Waals surface area contributed by atoms with E-state index in [-0.39, 0.29) is 10.6 Å². The van der Waals surface area contributed by atoms with Crippen molar-refractivity contribution in [1.82, 2.24) is 14.3 Å². The summed E-state index contributed by atoms with van der Waals surface area (Å²) >= 11 is 1.61. The summed E-state index contributed by atoms with van der Waals surface area (Å²) in [4.78, 5) is 17.7. The SMILES string of the molecule is CN(CCc1cccs1)S(=O)(=O)c1ccc2[nH]c(=O)[nH]c2c1. The molecule has 0 aliphatic carbocycles. The maximum atomic E-state index is 12.6. The van der Waals surface area contributed by atoms with Crippen molar-refractivity contribution < 1.29 is 8.42 Å². The maximum absolute atomic E-state index is 12.6. The van der Waals surface area contributed by atoms with E-state index in [4.69, 9.17) is 0 Å². The lowest BCUT2D eigenvalue weighted by Crippen LogP contribution is -2.28. The molecule has 116 valence electrons. The highest BCUT2D eigenvalue weighted by Gasteiger charge is 2.21. The molecule has 0 saturated carbocycles. The Morgan fingerprint density at radius 3 is 2.68 bits per heavy atom. The third-order valence-corrected chi connectivity index (χ3v) is 6.24. The number of aromatic amines is 2. The van der Waals surface area contributed by atoms with Crippen LogP contribution in [0.5, 0.6) is 0 Å². The van der Waals surface area contributed by atoms with Gasteiger partial charge in [-0.25, -0.2) is 17.5 Å². The van der Waals surface area contributed by atoms with Gasteiger partial charge in [0.1, 0.15) is 0 Å². The van der Waals surface area contributed by atoms with Crippen LogP contribution in [-0.2, 0) is 16.4 Å². The molecule has 3 rings (SSSR count). The number of imidazole rings is 1. The third-order valence-electron chi connectivity index (χ3n) is 3.45. The molecule has 3 aromatic rings. The minimum Gasteiger partial charge on any atom is -0.306 e. The summed E-state index contributed by atoms with van der Waals surface area (Å²) in [6, 6.07) is 8.51.